The van der Waals surface area contributed by atoms with E-state index in [0.29, 0.717) is 19.6 Å². The van der Waals surface area contributed by atoms with Crippen LogP contribution in [0, 0.1) is 0 Å². The van der Waals surface area contributed by atoms with Crippen molar-refractivity contribution in [2.24, 2.45) is 10.9 Å². The Bertz CT molecular complexity index is 193. The Morgan fingerprint density at radius 3 is 2.77 bits per heavy atom. The van der Waals surface area contributed by atoms with Crippen LogP contribution in [0.4, 0.5) is 4.79 Å². The van der Waals surface area contributed by atoms with Crippen molar-refractivity contribution < 1.29 is 14.7 Å². The molecule has 0 aromatic heterocycles. The highest BCUT2D eigenvalue weighted by Gasteiger charge is 2.08. The molecule has 3 N–H and O–H groups in total. The first-order chi connectivity index (χ1) is 6.11. The molecular weight excluding hydrogens is 174 g/mol. The van der Waals surface area contributed by atoms with Crippen molar-refractivity contribution >= 4 is 11.9 Å². The van der Waals surface area contributed by atoms with E-state index in [2.05, 4.69) is 5.16 Å². The zero-order chi connectivity index (χ0) is 10.3. The summed E-state index contributed by atoms with van der Waals surface area (Å²) in [6.45, 7) is 2.44. The highest BCUT2D eigenvalue weighted by molar-refractivity contribution is 5.80. The first-order valence-corrected chi connectivity index (χ1v) is 3.96. The zero-order valence-electron chi connectivity index (χ0n) is 7.86. The zero-order valence-corrected chi connectivity index (χ0v) is 7.86. The van der Waals surface area contributed by atoms with E-state index in [-0.39, 0.29) is 5.84 Å². The fourth-order valence-electron chi connectivity index (χ4n) is 0.657. The van der Waals surface area contributed by atoms with Crippen molar-refractivity contribution in [1.29, 1.82) is 0 Å². The van der Waals surface area contributed by atoms with Gasteiger partial charge in [-0.2, -0.15) is 0 Å². The number of hydrogen-bond acceptors (Lipinski definition) is 4. The smallest absolute Gasteiger partial charge is 0.409 e. The quantitative estimate of drug-likeness (QED) is 0.286. The van der Waals surface area contributed by atoms with Crippen LogP contribution in [-0.2, 0) is 4.74 Å². The molecule has 0 saturated carbocycles. The third-order valence-electron chi connectivity index (χ3n) is 1.41. The molecule has 6 nitrogen and oxygen atoms in total. The molecule has 0 radical (unpaired) electrons. The Kier molecular flexibility index (Phi) is 5.42. The number of amides is 1. The molecule has 0 rings (SSSR count). The van der Waals surface area contributed by atoms with Crippen LogP contribution in [0.15, 0.2) is 5.16 Å². The molecule has 76 valence electrons. The van der Waals surface area contributed by atoms with Crippen LogP contribution in [0.25, 0.3) is 0 Å². The van der Waals surface area contributed by atoms with Crippen LogP contribution in [0.1, 0.15) is 13.3 Å². The molecule has 0 aromatic carbocycles. The van der Waals surface area contributed by atoms with Gasteiger partial charge in [-0.15, -0.1) is 0 Å². The number of hydrogen-bond donors (Lipinski definition) is 2. The van der Waals surface area contributed by atoms with Crippen molar-refractivity contribution in [2.75, 3.05) is 20.2 Å². The number of nitrogens with zero attached hydrogens (tertiary/aromatic N) is 2. The SMILES string of the molecule is CCOC(=O)N(C)CC/C(N)=N/O. The van der Waals surface area contributed by atoms with Gasteiger partial charge in [0.05, 0.1) is 6.61 Å². The van der Waals surface area contributed by atoms with Gasteiger partial charge < -0.3 is 20.6 Å². The van der Waals surface area contributed by atoms with Crippen molar-refractivity contribution in [2.45, 2.75) is 13.3 Å². The summed E-state index contributed by atoms with van der Waals surface area (Å²) < 4.78 is 4.71. The summed E-state index contributed by atoms with van der Waals surface area (Å²) in [6, 6.07) is 0. The molecule has 0 unspecified atom stereocenters. The second-order valence-corrected chi connectivity index (χ2v) is 2.46. The Labute approximate surface area is 76.9 Å². The average Bonchev–Trinajstić information content (AvgIpc) is 2.13. The van der Waals surface area contributed by atoms with E-state index in [0.717, 1.165) is 0 Å². The molecule has 0 aromatic rings. The molecule has 0 saturated heterocycles. The van der Waals surface area contributed by atoms with E-state index >= 15 is 0 Å². The number of nitrogens with two attached hydrogens (primary N) is 1. The lowest BCUT2D eigenvalue weighted by Crippen LogP contribution is -2.31. The summed E-state index contributed by atoms with van der Waals surface area (Å²) in [4.78, 5) is 12.4. The predicted molar refractivity (Wildman–Crippen MR) is 47.7 cm³/mol. The fourth-order valence-corrected chi connectivity index (χ4v) is 0.657. The second kappa shape index (κ2) is 6.10. The number of rotatable bonds is 4. The van der Waals surface area contributed by atoms with Crippen molar-refractivity contribution in [3.8, 4) is 0 Å². The van der Waals surface area contributed by atoms with E-state index in [1.54, 1.807) is 14.0 Å². The van der Waals surface area contributed by atoms with Gasteiger partial charge >= 0.3 is 6.09 Å². The maximum atomic E-state index is 11.0. The third-order valence-corrected chi connectivity index (χ3v) is 1.41. The summed E-state index contributed by atoms with van der Waals surface area (Å²) in [6.07, 6.45) is -0.0838. The van der Waals surface area contributed by atoms with Gasteiger partial charge in [-0.3, -0.25) is 0 Å². The van der Waals surface area contributed by atoms with Gasteiger partial charge in [-0.25, -0.2) is 4.79 Å². The van der Waals surface area contributed by atoms with Gasteiger partial charge in [0.1, 0.15) is 5.84 Å². The fraction of sp³-hybridized carbons (Fsp3) is 0.714. The Balaban J connectivity index is 3.73. The van der Waals surface area contributed by atoms with Gasteiger partial charge in [-0.1, -0.05) is 5.16 Å². The number of oxime groups is 1. The Morgan fingerprint density at radius 2 is 2.31 bits per heavy atom. The summed E-state index contributed by atoms with van der Waals surface area (Å²) in [7, 11) is 1.59. The molecule has 0 bridgehead atoms. The first kappa shape index (κ1) is 11.5. The molecule has 6 heteroatoms. The van der Waals surface area contributed by atoms with Gasteiger partial charge in [0.25, 0.3) is 0 Å². The van der Waals surface area contributed by atoms with Crippen LogP contribution in [-0.4, -0.2) is 42.2 Å². The van der Waals surface area contributed by atoms with E-state index in [1.807, 2.05) is 0 Å². The van der Waals surface area contributed by atoms with Gasteiger partial charge in [0, 0.05) is 20.0 Å². The lowest BCUT2D eigenvalue weighted by Gasteiger charge is -2.15. The Morgan fingerprint density at radius 1 is 1.69 bits per heavy atom. The molecule has 0 fully saturated rings. The molecular formula is C7H15N3O3. The molecule has 1 amide bonds. The van der Waals surface area contributed by atoms with Crippen molar-refractivity contribution in [1.82, 2.24) is 4.90 Å². The molecule has 0 heterocycles. The standard InChI is InChI=1S/C7H15N3O3/c1-3-13-7(11)10(2)5-4-6(8)9-12/h12H,3-5H2,1-2H3,(H2,8,9). The highest BCUT2D eigenvalue weighted by Crippen LogP contribution is 1.92. The lowest BCUT2D eigenvalue weighted by molar-refractivity contribution is 0.117. The topological polar surface area (TPSA) is 88.2 Å². The molecule has 0 aliphatic heterocycles. The van der Waals surface area contributed by atoms with Crippen LogP contribution in [0.5, 0.6) is 0 Å². The molecule has 0 spiro atoms. The number of carbonyl (C=O) groups excluding carboxylic acids is 1. The van der Waals surface area contributed by atoms with Crippen LogP contribution < -0.4 is 5.73 Å². The molecule has 0 aliphatic carbocycles. The summed E-state index contributed by atoms with van der Waals surface area (Å²) in [5.74, 6) is 0.0937. The Hall–Kier alpha value is -1.46. The minimum absolute atomic E-state index is 0.0937. The number of ether oxygens (including phenoxy) is 1. The van der Waals surface area contributed by atoms with Crippen LogP contribution in [0.2, 0.25) is 0 Å². The molecule has 0 aliphatic rings. The monoisotopic (exact) mass is 189 g/mol. The van der Waals surface area contributed by atoms with Gasteiger partial charge in [0.15, 0.2) is 0 Å². The first-order valence-electron chi connectivity index (χ1n) is 3.96. The maximum Gasteiger partial charge on any atom is 0.409 e. The van der Waals surface area contributed by atoms with Crippen molar-refractivity contribution in [3.05, 3.63) is 0 Å². The summed E-state index contributed by atoms with van der Waals surface area (Å²) in [5.41, 5.74) is 5.22. The largest absolute Gasteiger partial charge is 0.450 e. The normalized spacial score (nSPS) is 11.1. The maximum absolute atomic E-state index is 11.0. The predicted octanol–water partition coefficient (Wildman–Crippen LogP) is 0.211. The van der Waals surface area contributed by atoms with E-state index in [4.69, 9.17) is 15.7 Å². The van der Waals surface area contributed by atoms with E-state index in [1.165, 1.54) is 4.90 Å². The van der Waals surface area contributed by atoms with Crippen LogP contribution in [0.3, 0.4) is 0 Å². The van der Waals surface area contributed by atoms with Gasteiger partial charge in [0.2, 0.25) is 0 Å². The van der Waals surface area contributed by atoms with E-state index in [9.17, 15) is 4.79 Å². The second-order valence-electron chi connectivity index (χ2n) is 2.46. The summed E-state index contributed by atoms with van der Waals surface area (Å²) in [5, 5.41) is 11.0. The minimum Gasteiger partial charge on any atom is -0.450 e. The van der Waals surface area contributed by atoms with E-state index < -0.39 is 6.09 Å². The average molecular weight is 189 g/mol. The van der Waals surface area contributed by atoms with Crippen LogP contribution >= 0.6 is 0 Å². The minimum atomic E-state index is -0.409. The highest BCUT2D eigenvalue weighted by atomic mass is 16.6. The lowest BCUT2D eigenvalue weighted by atomic mass is 10.4. The number of carbonyl (C=O) groups is 1. The van der Waals surface area contributed by atoms with Gasteiger partial charge in [-0.05, 0) is 6.92 Å². The van der Waals surface area contributed by atoms with Crippen molar-refractivity contribution in [3.63, 3.8) is 0 Å². The summed E-state index contributed by atoms with van der Waals surface area (Å²) >= 11 is 0. The molecule has 13 heavy (non-hydrogen) atoms. The molecule has 0 atom stereocenters. The number of amidine groups is 1. The third kappa shape index (κ3) is 4.89.